The summed E-state index contributed by atoms with van der Waals surface area (Å²) in [5.74, 6) is -0.624. The van der Waals surface area contributed by atoms with Crippen LogP contribution in [-0.2, 0) is 23.7 Å². The maximum Gasteiger partial charge on any atom is 0.153 e. The number of aryl methyl sites for hydroxylation is 1. The van der Waals surface area contributed by atoms with Gasteiger partial charge in [0, 0.05) is 35.2 Å². The zero-order valence-electron chi connectivity index (χ0n) is 21.2. The second-order valence-electron chi connectivity index (χ2n) is 10.6. The van der Waals surface area contributed by atoms with Crippen molar-refractivity contribution in [3.05, 3.63) is 95.7 Å². The van der Waals surface area contributed by atoms with Crippen LogP contribution < -0.4 is 5.73 Å². The first kappa shape index (κ1) is 23.2. The van der Waals surface area contributed by atoms with E-state index in [1.165, 1.54) is 5.56 Å². The monoisotopic (exact) mass is 486 g/mol. The molecule has 4 aromatic rings. The summed E-state index contributed by atoms with van der Waals surface area (Å²) in [6.07, 6.45) is 2.23. The van der Waals surface area contributed by atoms with Crippen molar-refractivity contribution >= 4 is 11.5 Å². The summed E-state index contributed by atoms with van der Waals surface area (Å²) in [4.78, 5) is 13.1. The van der Waals surface area contributed by atoms with Crippen molar-refractivity contribution in [2.45, 2.75) is 31.6 Å². The molecule has 1 aromatic heterocycles. The van der Waals surface area contributed by atoms with Crippen molar-refractivity contribution < 1.29 is 4.79 Å². The van der Waals surface area contributed by atoms with E-state index in [0.717, 1.165) is 52.2 Å². The number of Topliss-reactive ketones (excluding diaryl/α,β-unsaturated/α-hetero) is 1. The van der Waals surface area contributed by atoms with E-state index in [1.807, 2.05) is 49.0 Å². The number of fused-ring (bicyclic) bond motifs is 3. The first-order chi connectivity index (χ1) is 17.9. The zero-order valence-corrected chi connectivity index (χ0v) is 21.2. The lowest BCUT2D eigenvalue weighted by Gasteiger charge is -2.50. The fraction of sp³-hybridized carbons (Fsp3) is 0.281. The highest BCUT2D eigenvalue weighted by Crippen LogP contribution is 2.57. The molecule has 1 unspecified atom stereocenters. The normalized spacial score (nSPS) is 24.7. The quantitative estimate of drug-likeness (QED) is 0.364. The van der Waals surface area contributed by atoms with Crippen LogP contribution in [0, 0.1) is 29.1 Å². The number of benzene rings is 3. The van der Waals surface area contributed by atoms with Gasteiger partial charge in [-0.3, -0.25) is 9.48 Å². The molecule has 2 N–H and O–H groups in total. The molecule has 6 rings (SSSR count). The summed E-state index contributed by atoms with van der Waals surface area (Å²) in [7, 11) is 2.01. The zero-order chi connectivity index (χ0) is 25.7. The van der Waals surface area contributed by atoms with Crippen LogP contribution in [0.3, 0.4) is 0 Å². The Hall–Kier alpha value is -4.17. The van der Waals surface area contributed by atoms with Crippen LogP contribution in [0.15, 0.2) is 78.9 Å². The lowest BCUT2D eigenvalue weighted by molar-refractivity contribution is -0.131. The van der Waals surface area contributed by atoms with Gasteiger partial charge in [-0.1, -0.05) is 67.6 Å². The maximum atomic E-state index is 13.1. The summed E-state index contributed by atoms with van der Waals surface area (Å²) < 4.78 is 2.00. The average molecular weight is 487 g/mol. The highest BCUT2D eigenvalue weighted by molar-refractivity contribution is 5.88. The minimum atomic E-state index is -0.628. The molecular weight excluding hydrogens is 456 g/mol. The Morgan fingerprint density at radius 3 is 2.46 bits per heavy atom. The van der Waals surface area contributed by atoms with E-state index in [1.54, 1.807) is 0 Å². The Bertz CT molecular complexity index is 1530. The molecule has 37 heavy (non-hydrogen) atoms. The summed E-state index contributed by atoms with van der Waals surface area (Å²) in [6, 6.07) is 29.3. The van der Waals surface area contributed by atoms with Crippen LogP contribution >= 0.6 is 0 Å². The van der Waals surface area contributed by atoms with Gasteiger partial charge >= 0.3 is 0 Å². The first-order valence-corrected chi connectivity index (χ1v) is 13.0. The molecule has 2 aliphatic rings. The Morgan fingerprint density at radius 2 is 1.73 bits per heavy atom. The van der Waals surface area contributed by atoms with Crippen LogP contribution in [0.4, 0.5) is 5.69 Å². The van der Waals surface area contributed by atoms with Gasteiger partial charge in [0.25, 0.3) is 0 Å². The van der Waals surface area contributed by atoms with Gasteiger partial charge in [-0.15, -0.1) is 0 Å². The Balaban J connectivity index is 1.54. The highest BCUT2D eigenvalue weighted by atomic mass is 16.1. The second-order valence-corrected chi connectivity index (χ2v) is 10.6. The van der Waals surface area contributed by atoms with E-state index in [4.69, 9.17) is 10.8 Å². The van der Waals surface area contributed by atoms with Gasteiger partial charge in [0.1, 0.15) is 5.92 Å². The van der Waals surface area contributed by atoms with Gasteiger partial charge in [0.2, 0.25) is 0 Å². The van der Waals surface area contributed by atoms with Gasteiger partial charge in [-0.2, -0.15) is 10.4 Å². The van der Waals surface area contributed by atoms with Crippen molar-refractivity contribution in [1.29, 1.82) is 5.26 Å². The third-order valence-corrected chi connectivity index (χ3v) is 8.65. The van der Waals surface area contributed by atoms with Crippen LogP contribution in [0.25, 0.3) is 22.4 Å². The molecule has 3 aromatic carbocycles. The lowest BCUT2D eigenvalue weighted by Crippen LogP contribution is -2.52. The molecule has 1 saturated carbocycles. The number of hydrogen-bond acceptors (Lipinski definition) is 4. The largest absolute Gasteiger partial charge is 0.399 e. The molecule has 1 fully saturated rings. The third kappa shape index (κ3) is 3.51. The topological polar surface area (TPSA) is 84.7 Å². The molecule has 0 spiro atoms. The molecule has 5 nitrogen and oxygen atoms in total. The van der Waals surface area contributed by atoms with Crippen LogP contribution in [-0.4, -0.2) is 15.6 Å². The second kappa shape index (κ2) is 8.74. The molecule has 0 radical (unpaired) electrons. The summed E-state index contributed by atoms with van der Waals surface area (Å²) in [5, 5.41) is 15.2. The number of hydrogen-bond donors (Lipinski definition) is 1. The number of anilines is 1. The summed E-state index contributed by atoms with van der Waals surface area (Å²) >= 11 is 0. The fourth-order valence-corrected chi connectivity index (χ4v) is 6.94. The molecule has 184 valence electrons. The predicted molar refractivity (Wildman–Crippen MR) is 145 cm³/mol. The molecule has 1 heterocycles. The van der Waals surface area contributed by atoms with Crippen LogP contribution in [0.5, 0.6) is 0 Å². The average Bonchev–Trinajstić information content (AvgIpc) is 3.28. The van der Waals surface area contributed by atoms with E-state index >= 15 is 0 Å². The van der Waals surface area contributed by atoms with E-state index in [9.17, 15) is 10.1 Å². The van der Waals surface area contributed by atoms with Gasteiger partial charge in [-0.05, 0) is 60.1 Å². The molecule has 5 heteroatoms. The Labute approximate surface area is 217 Å². The number of carbonyl (C=O) groups excluding carboxylic acids is 1. The standard InChI is InChI=1S/C32H30N4O/c1-20-28-16-15-27-29(23-8-6-7-22(17-23)21-11-13-26(34)14-12-21)36(2)35-31(27)32(28,18-24(19-33)30(20)37)25-9-4-3-5-10-25/h3-14,17,20,24,28H,15-16,18,34H2,1-2H3/t20-,24?,28-,32-/m0/s1. The van der Waals surface area contributed by atoms with Gasteiger partial charge < -0.3 is 5.73 Å². The van der Waals surface area contributed by atoms with Gasteiger partial charge in [0.15, 0.2) is 5.78 Å². The molecule has 0 saturated heterocycles. The SMILES string of the molecule is C[C@@H]1C(=O)C(C#N)C[C@@]2(c3ccccc3)c3nn(C)c(-c4cccc(-c5ccc(N)cc5)c4)c3CC[C@@H]12. The number of carbonyl (C=O) groups is 1. The van der Waals surface area contributed by atoms with Crippen LogP contribution in [0.1, 0.15) is 36.6 Å². The molecule has 0 amide bonds. The number of aromatic nitrogens is 2. The number of ketones is 1. The van der Waals surface area contributed by atoms with E-state index in [0.29, 0.717) is 6.42 Å². The lowest BCUT2D eigenvalue weighted by atomic mass is 9.51. The number of nitrogens with two attached hydrogens (primary N) is 1. The van der Waals surface area contributed by atoms with Gasteiger partial charge in [-0.25, -0.2) is 0 Å². The predicted octanol–water partition coefficient (Wildman–Crippen LogP) is 5.93. The van der Waals surface area contributed by atoms with Crippen molar-refractivity contribution in [1.82, 2.24) is 9.78 Å². The maximum absolute atomic E-state index is 13.1. The minimum absolute atomic E-state index is 0.0786. The van der Waals surface area contributed by atoms with Crippen molar-refractivity contribution in [3.8, 4) is 28.5 Å². The smallest absolute Gasteiger partial charge is 0.153 e. The highest BCUT2D eigenvalue weighted by Gasteiger charge is 2.57. The minimum Gasteiger partial charge on any atom is -0.399 e. The third-order valence-electron chi connectivity index (χ3n) is 8.65. The molecule has 4 atom stereocenters. The molecule has 2 aliphatic carbocycles. The fourth-order valence-electron chi connectivity index (χ4n) is 6.94. The Kier molecular flexibility index (Phi) is 5.49. The first-order valence-electron chi connectivity index (χ1n) is 13.0. The summed E-state index contributed by atoms with van der Waals surface area (Å²) in [6.45, 7) is 2.01. The number of rotatable bonds is 3. The molecular formula is C32H30N4O. The van der Waals surface area contributed by atoms with E-state index in [2.05, 4.69) is 54.6 Å². The Morgan fingerprint density at radius 1 is 1.00 bits per heavy atom. The van der Waals surface area contributed by atoms with Crippen LogP contribution in [0.2, 0.25) is 0 Å². The number of nitriles is 1. The van der Waals surface area contributed by atoms with E-state index < -0.39 is 11.3 Å². The van der Waals surface area contributed by atoms with Gasteiger partial charge in [0.05, 0.1) is 17.5 Å². The van der Waals surface area contributed by atoms with Crippen molar-refractivity contribution in [3.63, 3.8) is 0 Å². The number of nitrogen functional groups attached to an aromatic ring is 1. The summed E-state index contributed by atoms with van der Waals surface area (Å²) in [5.41, 5.74) is 14.1. The molecule has 0 aliphatic heterocycles. The van der Waals surface area contributed by atoms with E-state index in [-0.39, 0.29) is 17.6 Å². The van der Waals surface area contributed by atoms with Crippen molar-refractivity contribution in [2.75, 3.05) is 5.73 Å². The molecule has 0 bridgehead atoms. The number of nitrogens with zero attached hydrogens (tertiary/aromatic N) is 3. The van der Waals surface area contributed by atoms with Crippen molar-refractivity contribution in [2.24, 2.45) is 24.8 Å².